The van der Waals surface area contributed by atoms with Gasteiger partial charge in [0.25, 0.3) is 0 Å². The van der Waals surface area contributed by atoms with Crippen molar-refractivity contribution in [3.63, 3.8) is 0 Å². The molecule has 0 aromatic rings. The molecule has 0 aromatic heterocycles. The second-order valence-electron chi connectivity index (χ2n) is 19.2. The summed E-state index contributed by atoms with van der Waals surface area (Å²) in [5.74, 6) is -0.0983. The number of fused-ring (bicyclic) bond motifs is 5. The number of hydrogen-bond acceptors (Lipinski definition) is 9. The van der Waals surface area contributed by atoms with Crippen LogP contribution in [-0.2, 0) is 19.1 Å². The number of methoxy groups -OCH3 is 1. The average molecular weight is 857 g/mol. The number of aliphatic imine (C=N–C) groups is 3. The minimum absolute atomic E-state index is 0.0841. The summed E-state index contributed by atoms with van der Waals surface area (Å²) in [5.41, 5.74) is 13.1. The van der Waals surface area contributed by atoms with Crippen molar-refractivity contribution in [1.29, 1.82) is 0 Å². The molecular weight excluding hydrogens is 785 g/mol. The number of hydrogen-bond donors (Lipinski definition) is 2. The molecule has 8 bridgehead atoms. The van der Waals surface area contributed by atoms with Crippen molar-refractivity contribution >= 4 is 29.1 Å². The monoisotopic (exact) mass is 857 g/mol. The van der Waals surface area contributed by atoms with Crippen LogP contribution in [0.1, 0.15) is 140 Å². The maximum absolute atomic E-state index is 13.6. The van der Waals surface area contributed by atoms with Gasteiger partial charge in [0.2, 0.25) is 0 Å². The molecular formula is C54H72N4O5. The Labute approximate surface area is 377 Å². The molecule has 2 N–H and O–H groups in total. The zero-order valence-electron chi connectivity index (χ0n) is 40.0. The van der Waals surface area contributed by atoms with Gasteiger partial charge in [-0.3, -0.25) is 9.59 Å². The molecule has 5 heterocycles. The van der Waals surface area contributed by atoms with E-state index in [9.17, 15) is 14.7 Å². The fourth-order valence-corrected chi connectivity index (χ4v) is 9.96. The van der Waals surface area contributed by atoms with Gasteiger partial charge in [-0.1, -0.05) is 98.8 Å². The second kappa shape index (κ2) is 20.6. The first-order valence-corrected chi connectivity index (χ1v) is 23.6. The number of aliphatic hydroxyl groups is 1. The summed E-state index contributed by atoms with van der Waals surface area (Å²) in [7, 11) is 1.33. The van der Waals surface area contributed by atoms with E-state index in [0.717, 1.165) is 98.7 Å². The van der Waals surface area contributed by atoms with Gasteiger partial charge in [0.05, 0.1) is 41.3 Å². The number of ether oxygens (including phenoxy) is 2. The number of aliphatic hydroxyl groups excluding tert-OH is 1. The molecule has 0 aromatic carbocycles. The highest BCUT2D eigenvalue weighted by atomic mass is 16.5. The van der Waals surface area contributed by atoms with Crippen LogP contribution < -0.4 is 5.32 Å². The maximum Gasteiger partial charge on any atom is 0.321 e. The number of rotatable bonds is 19. The van der Waals surface area contributed by atoms with Gasteiger partial charge in [-0.25, -0.2) is 15.0 Å². The molecule has 6 rings (SSSR count). The van der Waals surface area contributed by atoms with Crippen molar-refractivity contribution in [3.8, 4) is 0 Å². The second-order valence-corrected chi connectivity index (χ2v) is 19.2. The normalized spacial score (nSPS) is 22.9. The third-order valence-electron chi connectivity index (χ3n) is 14.0. The molecule has 1 aliphatic carbocycles. The molecule has 9 nitrogen and oxygen atoms in total. The highest BCUT2D eigenvalue weighted by molar-refractivity contribution is 6.24. The first-order chi connectivity index (χ1) is 30.1. The van der Waals surface area contributed by atoms with Gasteiger partial charge in [-0.05, 0) is 117 Å². The molecule has 6 aliphatic rings. The Balaban J connectivity index is 1.23. The maximum atomic E-state index is 13.6. The fourth-order valence-electron chi connectivity index (χ4n) is 9.96. The first kappa shape index (κ1) is 47.4. The van der Waals surface area contributed by atoms with Crippen molar-refractivity contribution in [2.45, 2.75) is 140 Å². The molecule has 1 saturated heterocycles. The summed E-state index contributed by atoms with van der Waals surface area (Å²) in [6.07, 6.45) is 21.5. The van der Waals surface area contributed by atoms with E-state index in [1.807, 2.05) is 39.0 Å². The van der Waals surface area contributed by atoms with E-state index in [4.69, 9.17) is 24.5 Å². The van der Waals surface area contributed by atoms with Crippen LogP contribution in [0.2, 0.25) is 0 Å². The predicted octanol–water partition coefficient (Wildman–Crippen LogP) is 12.6. The lowest BCUT2D eigenvalue weighted by molar-refractivity contribution is -0.144. The Bertz CT molecular complexity index is 2280. The Morgan fingerprint density at radius 3 is 2.24 bits per heavy atom. The lowest BCUT2D eigenvalue weighted by atomic mass is 9.84. The zero-order chi connectivity index (χ0) is 45.7. The quantitative estimate of drug-likeness (QED) is 0.0985. The highest BCUT2D eigenvalue weighted by Crippen LogP contribution is 2.49. The molecule has 338 valence electrons. The number of esters is 2. The molecule has 0 amide bonds. The Hall–Kier alpha value is -5.05. The van der Waals surface area contributed by atoms with E-state index in [0.29, 0.717) is 34.9 Å². The number of carbonyl (C=O) groups excluding carboxylic acids is 2. The average Bonchev–Trinajstić information content (AvgIpc) is 3.99. The Morgan fingerprint density at radius 2 is 1.57 bits per heavy atom. The van der Waals surface area contributed by atoms with Crippen LogP contribution in [0.5, 0.6) is 0 Å². The molecule has 63 heavy (non-hydrogen) atoms. The van der Waals surface area contributed by atoms with Gasteiger partial charge in [-0.15, -0.1) is 0 Å². The van der Waals surface area contributed by atoms with Gasteiger partial charge in [0.15, 0.2) is 0 Å². The number of nitrogens with one attached hydrogen (secondary N) is 1. The van der Waals surface area contributed by atoms with Crippen molar-refractivity contribution in [1.82, 2.24) is 5.32 Å². The summed E-state index contributed by atoms with van der Waals surface area (Å²) in [5, 5.41) is 15.6. The van der Waals surface area contributed by atoms with Gasteiger partial charge in [0.1, 0.15) is 18.3 Å². The molecule has 9 heteroatoms. The van der Waals surface area contributed by atoms with Gasteiger partial charge in [-0.2, -0.15) is 0 Å². The third-order valence-corrected chi connectivity index (χ3v) is 14.0. The van der Waals surface area contributed by atoms with Crippen molar-refractivity contribution in [2.24, 2.45) is 50.5 Å². The highest BCUT2D eigenvalue weighted by Gasteiger charge is 2.49. The summed E-state index contributed by atoms with van der Waals surface area (Å²) >= 11 is 0. The van der Waals surface area contributed by atoms with Gasteiger partial charge >= 0.3 is 11.9 Å². The number of nitrogens with zero attached hydrogens (tertiary/aromatic N) is 3. The molecule has 5 atom stereocenters. The van der Waals surface area contributed by atoms with Crippen LogP contribution in [0.3, 0.4) is 0 Å². The van der Waals surface area contributed by atoms with Gasteiger partial charge in [0, 0.05) is 46.4 Å². The molecule has 0 spiro atoms. The lowest BCUT2D eigenvalue weighted by Crippen LogP contribution is -2.25. The minimum Gasteiger partial charge on any atom is -0.510 e. The third kappa shape index (κ3) is 10.3. The summed E-state index contributed by atoms with van der Waals surface area (Å²) in [6, 6.07) is 0. The van der Waals surface area contributed by atoms with Crippen molar-refractivity contribution in [2.75, 3.05) is 13.7 Å². The summed E-state index contributed by atoms with van der Waals surface area (Å²) in [6.45, 7) is 26.1. The Kier molecular flexibility index (Phi) is 15.5. The van der Waals surface area contributed by atoms with E-state index in [1.54, 1.807) is 0 Å². The summed E-state index contributed by atoms with van der Waals surface area (Å²) < 4.78 is 11.2. The largest absolute Gasteiger partial charge is 0.510 e. The van der Waals surface area contributed by atoms with Crippen LogP contribution >= 0.6 is 0 Å². The van der Waals surface area contributed by atoms with E-state index < -0.39 is 11.9 Å². The summed E-state index contributed by atoms with van der Waals surface area (Å²) in [4.78, 5) is 42.5. The van der Waals surface area contributed by atoms with Crippen LogP contribution in [0.15, 0.2) is 131 Å². The topological polar surface area (TPSA) is 122 Å². The van der Waals surface area contributed by atoms with Crippen molar-refractivity contribution < 1.29 is 24.2 Å². The molecule has 0 saturated carbocycles. The van der Waals surface area contributed by atoms with Crippen LogP contribution in [0.25, 0.3) is 0 Å². The smallest absolute Gasteiger partial charge is 0.321 e. The van der Waals surface area contributed by atoms with E-state index >= 15 is 0 Å². The molecule has 3 unspecified atom stereocenters. The van der Waals surface area contributed by atoms with E-state index in [1.165, 1.54) is 45.6 Å². The fraction of sp³-hybridized carbons (Fsp3) is 0.537. The standard InChI is InChI=1S/C54H72N4O5/c1-13-38-34(8)41-26-43-36(10)40(24-25-47(59)63-29-33(7)23-17-22-32(6)21-16-20-31(5)19-15-18-30(3)4)51(57-43)49-50(54(61)62-12)53(60)48-37(11)44(58-52(48)49)28-46-39(14-2)35(9)42(56-46)27-45(38)55-41/h13,23,26-28,30-32,36,40,50,57,60H,1,14-22,24-25,29H2,2-12H3/b33-23+,43-26?,45-27?,46-28?,51-49?/t31?,32?,36-,40-,50?/m0/s1. The number of carbonyl (C=O) groups is 2. The van der Waals surface area contributed by atoms with Crippen LogP contribution in [-0.4, -0.2) is 47.9 Å². The minimum atomic E-state index is -1.08. The number of allylic oxidation sites excluding steroid dienone is 12. The predicted molar refractivity (Wildman–Crippen MR) is 257 cm³/mol. The Morgan fingerprint density at radius 1 is 0.905 bits per heavy atom. The molecule has 5 aliphatic heterocycles. The SMILES string of the molecule is C=CC1=C(C)C2=NC1=CC1=NC(=CC3=C(C)C4=C(O)C(C(=O)OC)C(=C5NC(=C2)[C@@H](C)[C@@H]5CCC(=O)OC/C(C)=C/CCC(C)CCCC(C)CCCC(C)C)C4=N3)C(CC)=C1C. The van der Waals surface area contributed by atoms with Crippen LogP contribution in [0.4, 0.5) is 0 Å². The first-order valence-electron chi connectivity index (χ1n) is 23.6. The van der Waals surface area contributed by atoms with Crippen LogP contribution in [0, 0.1) is 35.5 Å². The van der Waals surface area contributed by atoms with Gasteiger partial charge < -0.3 is 19.9 Å². The zero-order valence-corrected chi connectivity index (χ0v) is 40.0. The van der Waals surface area contributed by atoms with Crippen molar-refractivity contribution in [3.05, 3.63) is 116 Å². The van der Waals surface area contributed by atoms with E-state index in [2.05, 4.69) is 72.5 Å². The molecule has 1 fully saturated rings. The molecule has 0 radical (unpaired) electrons. The van der Waals surface area contributed by atoms with E-state index in [-0.39, 0.29) is 36.6 Å². The lowest BCUT2D eigenvalue weighted by Gasteiger charge is -2.20.